The van der Waals surface area contributed by atoms with Crippen LogP contribution in [0.4, 0.5) is 0 Å². The minimum Gasteiger partial charge on any atom is -0.387 e. The average Bonchev–Trinajstić information content (AvgIpc) is 3.66. The highest BCUT2D eigenvalue weighted by molar-refractivity contribution is 5.98. The van der Waals surface area contributed by atoms with E-state index < -0.39 is 5.41 Å². The molecule has 42 heavy (non-hydrogen) atoms. The van der Waals surface area contributed by atoms with E-state index in [1.165, 1.54) is 9.80 Å². The number of hydrogen-bond acceptors (Lipinski definition) is 6. The van der Waals surface area contributed by atoms with E-state index in [4.69, 9.17) is 11.1 Å². The Morgan fingerprint density at radius 2 is 1.55 bits per heavy atom. The van der Waals surface area contributed by atoms with E-state index >= 15 is 0 Å². The van der Waals surface area contributed by atoms with Crippen molar-refractivity contribution in [2.75, 3.05) is 41.3 Å². The van der Waals surface area contributed by atoms with E-state index in [-0.39, 0.29) is 42.2 Å². The van der Waals surface area contributed by atoms with Gasteiger partial charge >= 0.3 is 0 Å². The monoisotopic (exact) mass is 569 g/mol. The summed E-state index contributed by atoms with van der Waals surface area (Å²) in [5.74, 6) is 0.115. The van der Waals surface area contributed by atoms with Gasteiger partial charge < -0.3 is 25.8 Å². The molecule has 1 saturated heterocycles. The average molecular weight is 570 g/mol. The van der Waals surface area contributed by atoms with E-state index in [1.54, 1.807) is 45.2 Å². The first-order valence-electron chi connectivity index (χ1n) is 14.5. The fourth-order valence-corrected chi connectivity index (χ4v) is 6.82. The number of amidine groups is 1. The Morgan fingerprint density at radius 1 is 1.00 bits per heavy atom. The van der Waals surface area contributed by atoms with Crippen molar-refractivity contribution in [3.63, 3.8) is 0 Å². The van der Waals surface area contributed by atoms with Crippen LogP contribution in [0.5, 0.6) is 0 Å². The maximum atomic E-state index is 13.1. The van der Waals surface area contributed by atoms with Gasteiger partial charge in [0.05, 0.1) is 18.0 Å². The van der Waals surface area contributed by atoms with Crippen LogP contribution in [0.3, 0.4) is 0 Å². The van der Waals surface area contributed by atoms with Crippen molar-refractivity contribution in [1.82, 2.24) is 20.0 Å². The number of nitriles is 1. The first-order chi connectivity index (χ1) is 20.0. The lowest BCUT2D eigenvalue weighted by Crippen LogP contribution is -2.46. The van der Waals surface area contributed by atoms with E-state index in [2.05, 4.69) is 11.4 Å². The Balaban J connectivity index is 1.49. The summed E-state index contributed by atoms with van der Waals surface area (Å²) < 4.78 is 0. The summed E-state index contributed by atoms with van der Waals surface area (Å²) in [6, 6.07) is 13.3. The van der Waals surface area contributed by atoms with Gasteiger partial charge in [0.15, 0.2) is 0 Å². The summed E-state index contributed by atoms with van der Waals surface area (Å²) in [4.78, 5) is 43.5. The molecule has 4 N–H and O–H groups in total. The van der Waals surface area contributed by atoms with Gasteiger partial charge in [0.1, 0.15) is 11.9 Å². The third-order valence-electron chi connectivity index (χ3n) is 9.05. The molecule has 3 atom stereocenters. The van der Waals surface area contributed by atoms with Crippen LogP contribution in [0.1, 0.15) is 62.2 Å². The molecule has 3 aliphatic rings. The molecule has 10 heteroatoms. The van der Waals surface area contributed by atoms with Crippen LogP contribution >= 0.6 is 0 Å². The van der Waals surface area contributed by atoms with Gasteiger partial charge in [-0.05, 0) is 91.1 Å². The van der Waals surface area contributed by atoms with E-state index in [9.17, 15) is 19.6 Å². The van der Waals surface area contributed by atoms with Crippen molar-refractivity contribution in [2.24, 2.45) is 11.7 Å². The maximum absolute atomic E-state index is 13.1. The molecule has 220 valence electrons. The van der Waals surface area contributed by atoms with Crippen LogP contribution in [0.15, 0.2) is 36.4 Å². The lowest BCUT2D eigenvalue weighted by Gasteiger charge is -2.36. The smallest absolute Gasteiger partial charge is 0.253 e. The van der Waals surface area contributed by atoms with Gasteiger partial charge in [0.25, 0.3) is 11.8 Å². The topological polar surface area (TPSA) is 147 Å². The lowest BCUT2D eigenvalue weighted by atomic mass is 9.69. The zero-order chi connectivity index (χ0) is 30.3. The zero-order valence-electron chi connectivity index (χ0n) is 24.7. The van der Waals surface area contributed by atoms with E-state index in [1.807, 2.05) is 24.3 Å². The third-order valence-corrected chi connectivity index (χ3v) is 9.05. The lowest BCUT2D eigenvalue weighted by molar-refractivity contribution is -0.131. The second kappa shape index (κ2) is 11.2. The number of nitrogens with zero attached hydrogens (tertiary/aromatic N) is 4. The van der Waals surface area contributed by atoms with Crippen LogP contribution in [0.25, 0.3) is 0 Å². The molecule has 2 fully saturated rings. The van der Waals surface area contributed by atoms with Gasteiger partial charge in [-0.2, -0.15) is 5.26 Å². The Kier molecular flexibility index (Phi) is 7.82. The molecule has 0 spiro atoms. The van der Waals surface area contributed by atoms with E-state index in [0.717, 1.165) is 35.1 Å². The highest BCUT2D eigenvalue weighted by Gasteiger charge is 2.54. The fraction of sp³-hybridized carbons (Fsp3) is 0.469. The number of carbonyl (C=O) groups excluding carboxylic acids is 3. The molecule has 1 heterocycles. The summed E-state index contributed by atoms with van der Waals surface area (Å²) in [6.07, 6.45) is 3.35. The van der Waals surface area contributed by atoms with Crippen LogP contribution in [0.2, 0.25) is 0 Å². The molecular formula is C32H39N7O3. The number of fused-ring (bicyclic) bond motifs is 3. The maximum Gasteiger partial charge on any atom is 0.253 e. The Labute approximate surface area is 247 Å². The van der Waals surface area contributed by atoms with Crippen LogP contribution in [-0.4, -0.2) is 91.6 Å². The molecule has 2 aliphatic carbocycles. The molecule has 3 amide bonds. The van der Waals surface area contributed by atoms with Crippen molar-refractivity contribution < 1.29 is 14.4 Å². The van der Waals surface area contributed by atoms with Crippen LogP contribution in [-0.2, 0) is 23.1 Å². The molecule has 0 unspecified atom stereocenters. The number of amides is 3. The van der Waals surface area contributed by atoms with Crippen molar-refractivity contribution >= 4 is 23.6 Å². The molecule has 2 aromatic carbocycles. The highest BCUT2D eigenvalue weighted by atomic mass is 16.2. The number of carbonyl (C=O) groups is 3. The highest BCUT2D eigenvalue weighted by Crippen LogP contribution is 2.47. The first-order valence-corrected chi connectivity index (χ1v) is 14.5. The minimum atomic E-state index is -1.03. The molecule has 5 rings (SSSR count). The summed E-state index contributed by atoms with van der Waals surface area (Å²) in [7, 11) is 6.85. The van der Waals surface area contributed by atoms with Crippen LogP contribution in [0, 0.1) is 22.7 Å². The molecule has 2 aromatic rings. The summed E-state index contributed by atoms with van der Waals surface area (Å²) >= 11 is 0. The number of benzene rings is 2. The molecule has 0 radical (unpaired) electrons. The van der Waals surface area contributed by atoms with Crippen molar-refractivity contribution in [3.8, 4) is 6.07 Å². The molecule has 10 nitrogen and oxygen atoms in total. The largest absolute Gasteiger partial charge is 0.387 e. The molecule has 0 bridgehead atoms. The minimum absolute atomic E-state index is 0.0386. The Bertz CT molecular complexity index is 1420. The van der Waals surface area contributed by atoms with Crippen LogP contribution < -0.4 is 11.1 Å². The Hall–Kier alpha value is -4.23. The van der Waals surface area contributed by atoms with Gasteiger partial charge in [-0.1, -0.05) is 12.1 Å². The number of hydrogen-bond donors (Lipinski definition) is 3. The van der Waals surface area contributed by atoms with Gasteiger partial charge in [-0.25, -0.2) is 0 Å². The molecule has 0 aromatic heterocycles. The number of nitrogens with two attached hydrogens (primary N) is 1. The van der Waals surface area contributed by atoms with Crippen molar-refractivity contribution in [3.05, 3.63) is 69.8 Å². The van der Waals surface area contributed by atoms with E-state index in [0.29, 0.717) is 42.9 Å². The second-order valence-corrected chi connectivity index (χ2v) is 12.1. The van der Waals surface area contributed by atoms with Gasteiger partial charge in [-0.3, -0.25) is 19.8 Å². The summed E-state index contributed by atoms with van der Waals surface area (Å²) in [6.45, 7) is 0.488. The van der Waals surface area contributed by atoms with Gasteiger partial charge in [-0.15, -0.1) is 0 Å². The first kappa shape index (κ1) is 29.3. The van der Waals surface area contributed by atoms with Crippen molar-refractivity contribution in [1.29, 1.82) is 10.7 Å². The molecule has 1 saturated carbocycles. The third kappa shape index (κ3) is 5.02. The van der Waals surface area contributed by atoms with Gasteiger partial charge in [0, 0.05) is 45.4 Å². The molecule has 1 aliphatic heterocycles. The second-order valence-electron chi connectivity index (χ2n) is 12.1. The molecular weight excluding hydrogens is 530 g/mol. The predicted molar refractivity (Wildman–Crippen MR) is 159 cm³/mol. The SMILES string of the molecule is CN(C)C(=O)c1ccc2c(c1)CCc1cc(C(=O)N(C)C)ccc1C2(CCNCC(=O)N1[C@H](C#N)C[C@@H]2C[C@@H]21)C(=N)N. The number of aryl methyl sites for hydroxylation is 2. The zero-order valence-corrected chi connectivity index (χ0v) is 24.7. The summed E-state index contributed by atoms with van der Waals surface area (Å²) in [5.41, 5.74) is 10.2. The predicted octanol–water partition coefficient (Wildman–Crippen LogP) is 1.90. The van der Waals surface area contributed by atoms with Gasteiger partial charge in [0.2, 0.25) is 5.91 Å². The fourth-order valence-electron chi connectivity index (χ4n) is 6.82. The van der Waals surface area contributed by atoms with Crippen molar-refractivity contribution in [2.45, 2.75) is 49.6 Å². The number of rotatable bonds is 8. The number of likely N-dealkylation sites (tertiary alicyclic amines) is 1. The standard InChI is InChI=1S/C32H39N7O3/c1-37(2)29(41)21-7-9-25-19(13-21)5-6-20-14-22(30(42)38(3)4)8-10-26(20)32(25,31(34)35)11-12-36-18-28(40)39-24(17-33)15-23-16-27(23)39/h7-10,13-14,23-24,27,36H,5-6,11-12,15-16,18H2,1-4H3,(H3,34,35)/t23-,24+,27+/m1/s1. The number of piperidine rings is 1. The quantitative estimate of drug-likeness (QED) is 0.251. The summed E-state index contributed by atoms with van der Waals surface area (Å²) in [5, 5.41) is 21.7. The number of nitrogens with one attached hydrogen (secondary N) is 2. The Morgan fingerprint density at radius 3 is 2.02 bits per heavy atom. The normalized spacial score (nSPS) is 21.2.